The molecule has 0 radical (unpaired) electrons. The van der Waals surface area contributed by atoms with Gasteiger partial charge in [-0.05, 0) is 56.7 Å². The predicted octanol–water partition coefficient (Wildman–Crippen LogP) is 4.91. The van der Waals surface area contributed by atoms with Crippen LogP contribution in [0, 0.1) is 12.8 Å². The van der Waals surface area contributed by atoms with Gasteiger partial charge >= 0.3 is 0 Å². The van der Waals surface area contributed by atoms with Crippen molar-refractivity contribution in [1.29, 1.82) is 0 Å². The maximum atomic E-state index is 6.38. The fourth-order valence-electron chi connectivity index (χ4n) is 2.20. The topological polar surface area (TPSA) is 21.3 Å². The summed E-state index contributed by atoms with van der Waals surface area (Å²) >= 11 is 0. The molecule has 0 aliphatic heterocycles. The molecule has 2 nitrogen and oxygen atoms in total. The molecular formula is C19H33NO. The second-order valence-corrected chi connectivity index (χ2v) is 7.73. The lowest BCUT2D eigenvalue weighted by molar-refractivity contribution is 0.138. The van der Waals surface area contributed by atoms with E-state index in [0.717, 1.165) is 12.3 Å². The van der Waals surface area contributed by atoms with Gasteiger partial charge in [-0.1, -0.05) is 39.8 Å². The average molecular weight is 291 g/mol. The lowest BCUT2D eigenvalue weighted by Gasteiger charge is -2.29. The summed E-state index contributed by atoms with van der Waals surface area (Å²) in [6.45, 7) is 18.4. The highest BCUT2D eigenvalue weighted by Crippen LogP contribution is 2.29. The van der Waals surface area contributed by atoms with Crippen LogP contribution in [0.2, 0.25) is 0 Å². The SMILES string of the molecule is Cc1ccc(C(C)C)c(OC(CNC(C)(C)C)C(C)C)c1. The van der Waals surface area contributed by atoms with Crippen LogP contribution in [0.15, 0.2) is 18.2 Å². The highest BCUT2D eigenvalue weighted by atomic mass is 16.5. The Morgan fingerprint density at radius 1 is 1.10 bits per heavy atom. The molecule has 0 amide bonds. The second kappa shape index (κ2) is 7.31. The lowest BCUT2D eigenvalue weighted by atomic mass is 9.99. The van der Waals surface area contributed by atoms with Crippen LogP contribution in [0.25, 0.3) is 0 Å². The van der Waals surface area contributed by atoms with E-state index in [1.165, 1.54) is 11.1 Å². The fraction of sp³-hybridized carbons (Fsp3) is 0.684. The first-order valence-electron chi connectivity index (χ1n) is 8.12. The number of hydrogen-bond donors (Lipinski definition) is 1. The van der Waals surface area contributed by atoms with Gasteiger partial charge in [0.05, 0.1) is 0 Å². The van der Waals surface area contributed by atoms with Gasteiger partial charge in [-0.3, -0.25) is 0 Å². The van der Waals surface area contributed by atoms with E-state index in [2.05, 4.69) is 78.9 Å². The molecule has 0 saturated carbocycles. The number of aryl methyl sites for hydroxylation is 1. The van der Waals surface area contributed by atoms with Crippen molar-refractivity contribution in [2.24, 2.45) is 5.92 Å². The summed E-state index contributed by atoms with van der Waals surface area (Å²) in [4.78, 5) is 0. The van der Waals surface area contributed by atoms with Crippen molar-refractivity contribution in [2.45, 2.75) is 73.0 Å². The molecule has 0 aliphatic rings. The van der Waals surface area contributed by atoms with E-state index in [1.54, 1.807) is 0 Å². The van der Waals surface area contributed by atoms with Gasteiger partial charge in [0.1, 0.15) is 11.9 Å². The molecule has 21 heavy (non-hydrogen) atoms. The molecule has 0 saturated heterocycles. The largest absolute Gasteiger partial charge is 0.489 e. The van der Waals surface area contributed by atoms with Crippen LogP contribution in [-0.2, 0) is 0 Å². The predicted molar refractivity (Wildman–Crippen MR) is 92.3 cm³/mol. The van der Waals surface area contributed by atoms with E-state index in [9.17, 15) is 0 Å². The van der Waals surface area contributed by atoms with Crippen LogP contribution in [-0.4, -0.2) is 18.2 Å². The maximum Gasteiger partial charge on any atom is 0.123 e. The third kappa shape index (κ3) is 6.09. The highest BCUT2D eigenvalue weighted by Gasteiger charge is 2.20. The summed E-state index contributed by atoms with van der Waals surface area (Å²) in [6.07, 6.45) is 0.184. The van der Waals surface area contributed by atoms with Crippen molar-refractivity contribution < 1.29 is 4.74 Å². The first kappa shape index (κ1) is 18.0. The minimum atomic E-state index is 0.115. The zero-order chi connectivity index (χ0) is 16.2. The van der Waals surface area contributed by atoms with Crippen LogP contribution in [0.3, 0.4) is 0 Å². The van der Waals surface area contributed by atoms with Crippen molar-refractivity contribution in [3.63, 3.8) is 0 Å². The Kier molecular flexibility index (Phi) is 6.27. The monoisotopic (exact) mass is 291 g/mol. The van der Waals surface area contributed by atoms with Crippen LogP contribution >= 0.6 is 0 Å². The molecule has 1 aromatic carbocycles. The van der Waals surface area contributed by atoms with Gasteiger partial charge in [-0.2, -0.15) is 0 Å². The Hall–Kier alpha value is -1.02. The van der Waals surface area contributed by atoms with Crippen molar-refractivity contribution in [2.75, 3.05) is 6.54 Å². The number of benzene rings is 1. The van der Waals surface area contributed by atoms with Gasteiger partial charge in [0.15, 0.2) is 0 Å². The van der Waals surface area contributed by atoms with Crippen molar-refractivity contribution >= 4 is 0 Å². The lowest BCUT2D eigenvalue weighted by Crippen LogP contribution is -2.44. The van der Waals surface area contributed by atoms with Gasteiger partial charge in [0.25, 0.3) is 0 Å². The quantitative estimate of drug-likeness (QED) is 0.804. The zero-order valence-electron chi connectivity index (χ0n) is 15.1. The molecule has 1 N–H and O–H groups in total. The maximum absolute atomic E-state index is 6.38. The van der Waals surface area contributed by atoms with E-state index < -0.39 is 0 Å². The van der Waals surface area contributed by atoms with Crippen molar-refractivity contribution in [3.05, 3.63) is 29.3 Å². The molecule has 0 bridgehead atoms. The second-order valence-electron chi connectivity index (χ2n) is 7.73. The molecule has 0 heterocycles. The average Bonchev–Trinajstić information content (AvgIpc) is 2.32. The highest BCUT2D eigenvalue weighted by molar-refractivity contribution is 5.39. The Labute approximate surface area is 131 Å². The molecule has 0 aliphatic carbocycles. The molecule has 1 atom stereocenters. The van der Waals surface area contributed by atoms with Crippen LogP contribution in [0.4, 0.5) is 0 Å². The van der Waals surface area contributed by atoms with Gasteiger partial charge in [0, 0.05) is 12.1 Å². The normalized spacial score (nSPS) is 13.8. The third-order valence-electron chi connectivity index (χ3n) is 3.65. The van der Waals surface area contributed by atoms with Gasteiger partial charge in [-0.15, -0.1) is 0 Å². The Morgan fingerprint density at radius 2 is 1.71 bits per heavy atom. The molecule has 120 valence electrons. The standard InChI is InChI=1S/C19H33NO/c1-13(2)16-10-9-15(5)11-17(16)21-18(14(3)4)12-20-19(6,7)8/h9-11,13-14,18,20H,12H2,1-8H3. The van der Waals surface area contributed by atoms with Crippen LogP contribution < -0.4 is 10.1 Å². The van der Waals surface area contributed by atoms with E-state index >= 15 is 0 Å². The molecule has 0 aromatic heterocycles. The minimum Gasteiger partial charge on any atom is -0.489 e. The smallest absolute Gasteiger partial charge is 0.123 e. The molecule has 1 aromatic rings. The van der Waals surface area contributed by atoms with Crippen LogP contribution in [0.5, 0.6) is 5.75 Å². The minimum absolute atomic E-state index is 0.115. The van der Waals surface area contributed by atoms with Gasteiger partial charge in [-0.25, -0.2) is 0 Å². The first-order chi connectivity index (χ1) is 9.60. The number of hydrogen-bond acceptors (Lipinski definition) is 2. The van der Waals surface area contributed by atoms with E-state index in [1.807, 2.05) is 0 Å². The Bertz CT molecular complexity index is 443. The van der Waals surface area contributed by atoms with Crippen molar-refractivity contribution in [1.82, 2.24) is 5.32 Å². The van der Waals surface area contributed by atoms with E-state index in [0.29, 0.717) is 11.8 Å². The number of rotatable bonds is 6. The summed E-state index contributed by atoms with van der Waals surface area (Å²) in [7, 11) is 0. The summed E-state index contributed by atoms with van der Waals surface area (Å²) in [5, 5.41) is 3.56. The summed E-state index contributed by atoms with van der Waals surface area (Å²) in [5.74, 6) is 1.99. The van der Waals surface area contributed by atoms with Crippen LogP contribution in [0.1, 0.15) is 65.5 Å². The van der Waals surface area contributed by atoms with E-state index in [-0.39, 0.29) is 11.6 Å². The number of nitrogens with one attached hydrogen (secondary N) is 1. The molecule has 0 fully saturated rings. The number of ether oxygens (including phenoxy) is 1. The third-order valence-corrected chi connectivity index (χ3v) is 3.65. The molecule has 2 heteroatoms. The molecular weight excluding hydrogens is 258 g/mol. The fourth-order valence-corrected chi connectivity index (χ4v) is 2.20. The molecule has 1 rings (SSSR count). The zero-order valence-corrected chi connectivity index (χ0v) is 15.1. The molecule has 0 spiro atoms. The summed E-state index contributed by atoms with van der Waals surface area (Å²) in [6, 6.07) is 6.53. The van der Waals surface area contributed by atoms with Gasteiger partial charge < -0.3 is 10.1 Å². The molecule has 1 unspecified atom stereocenters. The Morgan fingerprint density at radius 3 is 2.19 bits per heavy atom. The Balaban J connectivity index is 2.91. The first-order valence-corrected chi connectivity index (χ1v) is 8.12. The summed E-state index contributed by atoms with van der Waals surface area (Å²) in [5.41, 5.74) is 2.66. The summed E-state index contributed by atoms with van der Waals surface area (Å²) < 4.78 is 6.38. The van der Waals surface area contributed by atoms with Crippen molar-refractivity contribution in [3.8, 4) is 5.75 Å². The van der Waals surface area contributed by atoms with Gasteiger partial charge in [0.2, 0.25) is 0 Å². The van der Waals surface area contributed by atoms with E-state index in [4.69, 9.17) is 4.74 Å².